The van der Waals surface area contributed by atoms with Crippen molar-refractivity contribution in [1.82, 2.24) is 9.88 Å². The van der Waals surface area contributed by atoms with Crippen molar-refractivity contribution in [3.05, 3.63) is 70.9 Å². The van der Waals surface area contributed by atoms with Gasteiger partial charge in [-0.05, 0) is 79.8 Å². The first-order valence-electron chi connectivity index (χ1n) is 11.7. The molecule has 4 rings (SSSR count). The van der Waals surface area contributed by atoms with Crippen LogP contribution in [-0.2, 0) is 4.79 Å². The predicted molar refractivity (Wildman–Crippen MR) is 135 cm³/mol. The molecule has 5 nitrogen and oxygen atoms in total. The van der Waals surface area contributed by atoms with E-state index in [9.17, 15) is 9.90 Å². The summed E-state index contributed by atoms with van der Waals surface area (Å²) >= 11 is 6.00. The molecule has 0 bridgehead atoms. The number of nitrogens with zero attached hydrogens (tertiary/aromatic N) is 2. The third-order valence-electron chi connectivity index (χ3n) is 6.63. The number of piperidine rings is 1. The molecule has 1 aliphatic rings. The van der Waals surface area contributed by atoms with Gasteiger partial charge in [0.15, 0.2) is 0 Å². The van der Waals surface area contributed by atoms with Gasteiger partial charge in [0, 0.05) is 28.7 Å². The van der Waals surface area contributed by atoms with Crippen molar-refractivity contribution in [1.29, 1.82) is 0 Å². The summed E-state index contributed by atoms with van der Waals surface area (Å²) in [6, 6.07) is 14.5. The van der Waals surface area contributed by atoms with Gasteiger partial charge in [-0.2, -0.15) is 0 Å². The summed E-state index contributed by atoms with van der Waals surface area (Å²) in [5, 5.41) is 11.2. The van der Waals surface area contributed by atoms with Crippen molar-refractivity contribution in [2.24, 2.45) is 11.8 Å². The fourth-order valence-corrected chi connectivity index (χ4v) is 4.91. The summed E-state index contributed by atoms with van der Waals surface area (Å²) in [5.74, 6) is 5.39. The van der Waals surface area contributed by atoms with Gasteiger partial charge in [0.25, 0.3) is 0 Å². The van der Waals surface area contributed by atoms with E-state index in [0.29, 0.717) is 47.8 Å². The van der Waals surface area contributed by atoms with Gasteiger partial charge in [-0.25, -0.2) is 4.39 Å². The molecule has 1 fully saturated rings. The number of alkyl halides is 1. The third kappa shape index (κ3) is 6.30. The first-order chi connectivity index (χ1) is 16.9. The number of aromatic nitrogens is 1. The molecule has 3 atom stereocenters. The minimum atomic E-state index is -1.20. The van der Waals surface area contributed by atoms with Crippen LogP contribution in [0.1, 0.15) is 36.6 Å². The minimum Gasteiger partial charge on any atom is -0.497 e. The Morgan fingerprint density at radius 3 is 2.94 bits per heavy atom. The van der Waals surface area contributed by atoms with Gasteiger partial charge in [-0.3, -0.25) is 14.7 Å². The Bertz CT molecular complexity index is 1260. The summed E-state index contributed by atoms with van der Waals surface area (Å²) in [4.78, 5) is 18.4. The molecule has 2 aromatic carbocycles. The van der Waals surface area contributed by atoms with Crippen LogP contribution in [0.25, 0.3) is 10.9 Å². The number of fused-ring (bicyclic) bond motifs is 1. The quantitative estimate of drug-likeness (QED) is 0.423. The fourth-order valence-electron chi connectivity index (χ4n) is 4.72. The number of rotatable bonds is 7. The van der Waals surface area contributed by atoms with Crippen molar-refractivity contribution in [3.8, 4) is 17.6 Å². The lowest BCUT2D eigenvalue weighted by molar-refractivity contribution is -0.146. The van der Waals surface area contributed by atoms with Crippen LogP contribution in [0, 0.1) is 23.7 Å². The Kier molecular flexibility index (Phi) is 8.22. The van der Waals surface area contributed by atoms with Crippen LogP contribution >= 0.6 is 11.6 Å². The van der Waals surface area contributed by atoms with Gasteiger partial charge in [0.05, 0.1) is 25.1 Å². The van der Waals surface area contributed by atoms with E-state index in [1.807, 2.05) is 18.2 Å². The topological polar surface area (TPSA) is 62.7 Å². The van der Waals surface area contributed by atoms with Crippen LogP contribution in [-0.4, -0.2) is 47.7 Å². The van der Waals surface area contributed by atoms with E-state index in [1.165, 1.54) is 0 Å². The monoisotopic (exact) mass is 494 g/mol. The molecule has 1 unspecified atom stereocenters. The molecule has 1 saturated heterocycles. The summed E-state index contributed by atoms with van der Waals surface area (Å²) in [5.41, 5.74) is 2.11. The first-order valence-corrected chi connectivity index (χ1v) is 12.1. The Hall–Kier alpha value is -3.14. The number of benzene rings is 2. The molecular formula is C28H28ClFN2O3. The maximum Gasteiger partial charge on any atom is 0.308 e. The van der Waals surface area contributed by atoms with E-state index in [4.69, 9.17) is 16.3 Å². The van der Waals surface area contributed by atoms with Crippen molar-refractivity contribution in [2.75, 3.05) is 26.7 Å². The van der Waals surface area contributed by atoms with Crippen LogP contribution in [0.5, 0.6) is 5.75 Å². The Balaban J connectivity index is 1.38. The van der Waals surface area contributed by atoms with Crippen LogP contribution in [0.15, 0.2) is 54.7 Å². The lowest BCUT2D eigenvalue weighted by Crippen LogP contribution is -2.44. The molecule has 0 saturated carbocycles. The van der Waals surface area contributed by atoms with E-state index in [-0.39, 0.29) is 12.3 Å². The standard InChI is InChI=1S/C28H28ClFN2O3/c1-35-22-8-10-27-24(17-22)23(11-13-31-27)26(30)9-7-20-12-15-32(18-25(20)28(33)34)14-3-5-19-4-2-6-21(29)16-19/h2,4,6,8,10-11,13,16-17,20,25-26H,7,9,12,14-15,18H2,1H3,(H,33,34)/t20-,25+,26?/m1/s1. The highest BCUT2D eigenvalue weighted by atomic mass is 35.5. The average Bonchev–Trinajstić information content (AvgIpc) is 2.87. The third-order valence-corrected chi connectivity index (χ3v) is 6.86. The van der Waals surface area contributed by atoms with Gasteiger partial charge in [-0.1, -0.05) is 29.5 Å². The van der Waals surface area contributed by atoms with E-state index in [1.54, 1.807) is 43.6 Å². The normalized spacial score (nSPS) is 19.1. The number of halogens is 2. The average molecular weight is 495 g/mol. The molecule has 0 spiro atoms. The summed E-state index contributed by atoms with van der Waals surface area (Å²) in [7, 11) is 1.57. The Morgan fingerprint density at radius 2 is 2.17 bits per heavy atom. The maximum absolute atomic E-state index is 15.4. The number of carbonyl (C=O) groups is 1. The lowest BCUT2D eigenvalue weighted by atomic mass is 9.81. The molecule has 7 heteroatoms. The summed E-state index contributed by atoms with van der Waals surface area (Å²) in [6.45, 7) is 1.64. The first kappa shape index (κ1) is 25.0. The van der Waals surface area contributed by atoms with Crippen molar-refractivity contribution < 1.29 is 19.0 Å². The van der Waals surface area contributed by atoms with Crippen molar-refractivity contribution in [2.45, 2.75) is 25.4 Å². The number of hydrogen-bond donors (Lipinski definition) is 1. The molecule has 35 heavy (non-hydrogen) atoms. The van der Waals surface area contributed by atoms with Crippen LogP contribution < -0.4 is 4.74 Å². The van der Waals surface area contributed by atoms with Crippen molar-refractivity contribution >= 4 is 28.5 Å². The number of hydrogen-bond acceptors (Lipinski definition) is 4. The zero-order chi connectivity index (χ0) is 24.8. The second-order valence-electron chi connectivity index (χ2n) is 8.87. The molecule has 3 aromatic rings. The van der Waals surface area contributed by atoms with Gasteiger partial charge >= 0.3 is 5.97 Å². The smallest absolute Gasteiger partial charge is 0.308 e. The van der Waals surface area contributed by atoms with Gasteiger partial charge in [-0.15, -0.1) is 0 Å². The Labute approximate surface area is 209 Å². The number of ether oxygens (including phenoxy) is 1. The summed E-state index contributed by atoms with van der Waals surface area (Å²) < 4.78 is 20.6. The van der Waals surface area contributed by atoms with E-state index < -0.39 is 18.1 Å². The van der Waals surface area contributed by atoms with E-state index in [2.05, 4.69) is 21.7 Å². The summed E-state index contributed by atoms with van der Waals surface area (Å²) in [6.07, 6.45) is 1.88. The molecule has 0 radical (unpaired) electrons. The van der Waals surface area contributed by atoms with Gasteiger partial charge < -0.3 is 9.84 Å². The second kappa shape index (κ2) is 11.5. The Morgan fingerprint density at radius 1 is 1.31 bits per heavy atom. The highest BCUT2D eigenvalue weighted by molar-refractivity contribution is 6.30. The van der Waals surface area contributed by atoms with E-state index >= 15 is 4.39 Å². The van der Waals surface area contributed by atoms with Crippen molar-refractivity contribution in [3.63, 3.8) is 0 Å². The molecule has 182 valence electrons. The largest absolute Gasteiger partial charge is 0.497 e. The number of aliphatic carboxylic acids is 1. The van der Waals surface area contributed by atoms with E-state index in [0.717, 1.165) is 17.5 Å². The molecular weight excluding hydrogens is 467 g/mol. The number of methoxy groups -OCH3 is 1. The number of carboxylic acids is 1. The predicted octanol–water partition coefficient (Wildman–Crippen LogP) is 5.76. The molecule has 0 amide bonds. The number of pyridine rings is 1. The van der Waals surface area contributed by atoms with Crippen LogP contribution in [0.2, 0.25) is 5.02 Å². The maximum atomic E-state index is 15.4. The zero-order valence-electron chi connectivity index (χ0n) is 19.6. The molecule has 1 aliphatic heterocycles. The second-order valence-corrected chi connectivity index (χ2v) is 9.31. The van der Waals surface area contributed by atoms with Gasteiger partial charge in [0.2, 0.25) is 0 Å². The zero-order valence-corrected chi connectivity index (χ0v) is 20.3. The van der Waals surface area contributed by atoms with Gasteiger partial charge in [0.1, 0.15) is 11.9 Å². The van der Waals surface area contributed by atoms with Crippen LogP contribution in [0.3, 0.4) is 0 Å². The highest BCUT2D eigenvalue weighted by Crippen LogP contribution is 2.35. The molecule has 1 aromatic heterocycles. The number of likely N-dealkylation sites (tertiary alicyclic amines) is 1. The fraction of sp³-hybridized carbons (Fsp3) is 0.357. The highest BCUT2D eigenvalue weighted by Gasteiger charge is 2.34. The molecule has 2 heterocycles. The number of carboxylic acid groups (broad SMARTS) is 1. The lowest BCUT2D eigenvalue weighted by Gasteiger charge is -2.35. The SMILES string of the molecule is COc1ccc2nccc(C(F)CC[C@@H]3CCN(CC#Cc4cccc(Cl)c4)C[C@@H]3C(=O)O)c2c1. The molecule has 0 aliphatic carbocycles. The minimum absolute atomic E-state index is 0.0782. The molecule has 1 N–H and O–H groups in total. The van der Waals surface area contributed by atoms with Crippen LogP contribution in [0.4, 0.5) is 4.39 Å².